The SMILES string of the molecule is Cn1cc(C(=O)N2CCN(c3ccc4ncnc(OC5CCCC5)c4c3)CC2)nn1. The van der Waals surface area contributed by atoms with E-state index < -0.39 is 0 Å². The lowest BCUT2D eigenvalue weighted by molar-refractivity contribution is 0.0740. The van der Waals surface area contributed by atoms with Gasteiger partial charge in [0.25, 0.3) is 5.91 Å². The molecular formula is C21H25N7O2. The number of carbonyl (C=O) groups is 1. The Morgan fingerprint density at radius 1 is 1.10 bits per heavy atom. The van der Waals surface area contributed by atoms with Gasteiger partial charge in [0.05, 0.1) is 17.1 Å². The van der Waals surface area contributed by atoms with Crippen molar-refractivity contribution in [2.45, 2.75) is 31.8 Å². The second kappa shape index (κ2) is 7.89. The van der Waals surface area contributed by atoms with Gasteiger partial charge in [-0.2, -0.15) is 0 Å². The van der Waals surface area contributed by atoms with Gasteiger partial charge < -0.3 is 14.5 Å². The summed E-state index contributed by atoms with van der Waals surface area (Å²) in [6.45, 7) is 2.79. The van der Waals surface area contributed by atoms with E-state index in [9.17, 15) is 4.79 Å². The summed E-state index contributed by atoms with van der Waals surface area (Å²) in [5.41, 5.74) is 2.38. The lowest BCUT2D eigenvalue weighted by atomic mass is 10.1. The molecule has 0 bridgehead atoms. The molecule has 156 valence electrons. The molecule has 0 atom stereocenters. The smallest absolute Gasteiger partial charge is 0.276 e. The number of hydrogen-bond donors (Lipinski definition) is 0. The Labute approximate surface area is 174 Å². The topological polar surface area (TPSA) is 89.3 Å². The van der Waals surface area contributed by atoms with E-state index >= 15 is 0 Å². The molecular weight excluding hydrogens is 382 g/mol. The van der Waals surface area contributed by atoms with Gasteiger partial charge in [-0.25, -0.2) is 9.97 Å². The van der Waals surface area contributed by atoms with Crippen LogP contribution in [-0.4, -0.2) is 68.1 Å². The molecule has 2 aliphatic rings. The molecule has 0 radical (unpaired) electrons. The van der Waals surface area contributed by atoms with Crippen LogP contribution in [0.25, 0.3) is 10.9 Å². The third-order valence-corrected chi connectivity index (χ3v) is 5.92. The van der Waals surface area contributed by atoms with Crippen molar-refractivity contribution >= 4 is 22.5 Å². The molecule has 3 aromatic rings. The van der Waals surface area contributed by atoms with Crippen molar-refractivity contribution in [3.05, 3.63) is 36.4 Å². The molecule has 2 aromatic heterocycles. The van der Waals surface area contributed by atoms with Crippen LogP contribution in [0, 0.1) is 0 Å². The standard InChI is InChI=1S/C21H25N7O2/c1-26-13-19(24-25-26)21(29)28-10-8-27(9-11-28)15-6-7-18-17(12-15)20(23-14-22-18)30-16-4-2-3-5-16/h6-7,12-14,16H,2-5,8-11H2,1H3. The third-order valence-electron chi connectivity index (χ3n) is 5.92. The van der Waals surface area contributed by atoms with E-state index in [1.54, 1.807) is 24.3 Å². The zero-order chi connectivity index (χ0) is 20.5. The molecule has 1 aliphatic carbocycles. The maximum Gasteiger partial charge on any atom is 0.276 e. The number of ether oxygens (including phenoxy) is 1. The van der Waals surface area contributed by atoms with Crippen molar-refractivity contribution in [1.29, 1.82) is 0 Å². The molecule has 2 fully saturated rings. The highest BCUT2D eigenvalue weighted by molar-refractivity contribution is 5.92. The van der Waals surface area contributed by atoms with E-state index in [2.05, 4.69) is 37.3 Å². The van der Waals surface area contributed by atoms with E-state index in [-0.39, 0.29) is 12.0 Å². The summed E-state index contributed by atoms with van der Waals surface area (Å²) >= 11 is 0. The second-order valence-electron chi connectivity index (χ2n) is 7.96. The zero-order valence-electron chi connectivity index (χ0n) is 17.1. The third kappa shape index (κ3) is 3.67. The number of nitrogens with zero attached hydrogens (tertiary/aromatic N) is 7. The minimum atomic E-state index is -0.0677. The highest BCUT2D eigenvalue weighted by Crippen LogP contribution is 2.30. The average Bonchev–Trinajstić information content (AvgIpc) is 3.45. The van der Waals surface area contributed by atoms with E-state index in [0.29, 0.717) is 24.7 Å². The molecule has 9 nitrogen and oxygen atoms in total. The van der Waals surface area contributed by atoms with E-state index in [0.717, 1.165) is 42.5 Å². The summed E-state index contributed by atoms with van der Waals surface area (Å²) in [5, 5.41) is 8.73. The van der Waals surface area contributed by atoms with E-state index in [1.807, 2.05) is 11.0 Å². The lowest BCUT2D eigenvalue weighted by Gasteiger charge is -2.35. The lowest BCUT2D eigenvalue weighted by Crippen LogP contribution is -2.48. The predicted octanol–water partition coefficient (Wildman–Crippen LogP) is 2.04. The number of benzene rings is 1. The maximum atomic E-state index is 12.6. The van der Waals surface area contributed by atoms with E-state index in [1.165, 1.54) is 12.8 Å². The first-order valence-electron chi connectivity index (χ1n) is 10.5. The monoisotopic (exact) mass is 407 g/mol. The van der Waals surface area contributed by atoms with Crippen LogP contribution in [0.4, 0.5) is 5.69 Å². The highest BCUT2D eigenvalue weighted by Gasteiger charge is 2.25. The van der Waals surface area contributed by atoms with Crippen LogP contribution in [0.5, 0.6) is 5.88 Å². The maximum absolute atomic E-state index is 12.6. The molecule has 1 saturated heterocycles. The fraction of sp³-hybridized carbons (Fsp3) is 0.476. The zero-order valence-corrected chi connectivity index (χ0v) is 17.1. The second-order valence-corrected chi connectivity index (χ2v) is 7.96. The summed E-state index contributed by atoms with van der Waals surface area (Å²) in [6.07, 6.45) is 8.10. The van der Waals surface area contributed by atoms with Crippen molar-refractivity contribution < 1.29 is 9.53 Å². The van der Waals surface area contributed by atoms with Crippen molar-refractivity contribution in [3.63, 3.8) is 0 Å². The van der Waals surface area contributed by atoms with Crippen molar-refractivity contribution in [2.24, 2.45) is 7.05 Å². The number of aryl methyl sites for hydroxylation is 1. The van der Waals surface area contributed by atoms with Crippen LogP contribution in [0.3, 0.4) is 0 Å². The fourth-order valence-electron chi connectivity index (χ4n) is 4.25. The van der Waals surface area contributed by atoms with Crippen molar-refractivity contribution in [3.8, 4) is 5.88 Å². The minimum Gasteiger partial charge on any atom is -0.474 e. The van der Waals surface area contributed by atoms with E-state index in [4.69, 9.17) is 4.74 Å². The van der Waals surface area contributed by atoms with Gasteiger partial charge in [0.2, 0.25) is 5.88 Å². The summed E-state index contributed by atoms with van der Waals surface area (Å²) in [4.78, 5) is 25.5. The van der Waals surface area contributed by atoms with Crippen molar-refractivity contribution in [2.75, 3.05) is 31.1 Å². The molecule has 3 heterocycles. The van der Waals surface area contributed by atoms with Gasteiger partial charge in [-0.3, -0.25) is 9.48 Å². The predicted molar refractivity (Wildman–Crippen MR) is 112 cm³/mol. The quantitative estimate of drug-likeness (QED) is 0.654. The number of aromatic nitrogens is 5. The molecule has 5 rings (SSSR count). The van der Waals surface area contributed by atoms with Crippen LogP contribution < -0.4 is 9.64 Å². The normalized spacial score (nSPS) is 17.6. The molecule has 30 heavy (non-hydrogen) atoms. The van der Waals surface area contributed by atoms with Gasteiger partial charge in [0, 0.05) is 38.9 Å². The first-order valence-corrected chi connectivity index (χ1v) is 10.5. The van der Waals surface area contributed by atoms with Gasteiger partial charge in [-0.05, 0) is 43.9 Å². The Balaban J connectivity index is 1.31. The number of fused-ring (bicyclic) bond motifs is 1. The molecule has 1 aromatic carbocycles. The van der Waals surface area contributed by atoms with Gasteiger partial charge in [-0.1, -0.05) is 5.21 Å². The molecule has 9 heteroatoms. The Bertz CT molecular complexity index is 1050. The molecule has 1 saturated carbocycles. The van der Waals surface area contributed by atoms with Crippen LogP contribution in [0.15, 0.2) is 30.7 Å². The van der Waals surface area contributed by atoms with Gasteiger partial charge in [-0.15, -0.1) is 5.10 Å². The number of amides is 1. The van der Waals surface area contributed by atoms with Crippen molar-refractivity contribution in [1.82, 2.24) is 29.9 Å². The number of hydrogen-bond acceptors (Lipinski definition) is 7. The average molecular weight is 407 g/mol. The fourth-order valence-corrected chi connectivity index (χ4v) is 4.25. The number of carbonyl (C=O) groups excluding carboxylic acids is 1. The Morgan fingerprint density at radius 2 is 1.90 bits per heavy atom. The summed E-state index contributed by atoms with van der Waals surface area (Å²) < 4.78 is 7.74. The Morgan fingerprint density at radius 3 is 2.63 bits per heavy atom. The molecule has 0 unspecified atom stereocenters. The van der Waals surface area contributed by atoms with Crippen LogP contribution in [0.2, 0.25) is 0 Å². The van der Waals surface area contributed by atoms with Crippen LogP contribution in [0.1, 0.15) is 36.2 Å². The first kappa shape index (κ1) is 18.8. The summed E-state index contributed by atoms with van der Waals surface area (Å²) in [6, 6.07) is 6.21. The largest absolute Gasteiger partial charge is 0.474 e. The Hall–Kier alpha value is -3.23. The molecule has 1 amide bonds. The van der Waals surface area contributed by atoms with Gasteiger partial charge in [0.15, 0.2) is 5.69 Å². The molecule has 0 N–H and O–H groups in total. The number of anilines is 1. The summed E-state index contributed by atoms with van der Waals surface area (Å²) in [5.74, 6) is 0.604. The first-order chi connectivity index (χ1) is 14.7. The van der Waals surface area contributed by atoms with Crippen LogP contribution >= 0.6 is 0 Å². The highest BCUT2D eigenvalue weighted by atomic mass is 16.5. The summed E-state index contributed by atoms with van der Waals surface area (Å²) in [7, 11) is 1.76. The number of piperazine rings is 1. The van der Waals surface area contributed by atoms with Crippen LogP contribution in [-0.2, 0) is 7.05 Å². The molecule has 1 aliphatic heterocycles. The van der Waals surface area contributed by atoms with Gasteiger partial charge >= 0.3 is 0 Å². The molecule has 0 spiro atoms. The number of rotatable bonds is 4. The van der Waals surface area contributed by atoms with Gasteiger partial charge in [0.1, 0.15) is 12.4 Å². The minimum absolute atomic E-state index is 0.0677. The Kier molecular flexibility index (Phi) is 4.94.